The molecule has 0 aliphatic carbocycles. The van der Waals surface area contributed by atoms with E-state index >= 15 is 0 Å². The van der Waals surface area contributed by atoms with Gasteiger partial charge in [0.05, 0.1) is 19.0 Å². The molecule has 1 atom stereocenters. The Hall–Kier alpha value is -1.74. The van der Waals surface area contributed by atoms with Crippen molar-refractivity contribution >= 4 is 30.5 Å². The standard InChI is InChI=1S/C11H19N6O4P/c1-7(21-6-22(18,19)20)4-17-5-13-8-9(16(2)3)14-11(12)15-10(8)17/h5,7H,4,6H2,1-3H3,(H2,12,14,15)(H2,18,19,20)/t7-/m0/s1. The molecule has 2 aromatic rings. The molecule has 0 fully saturated rings. The van der Waals surface area contributed by atoms with Crippen LogP contribution in [0.1, 0.15) is 6.92 Å². The lowest BCUT2D eigenvalue weighted by Gasteiger charge is -2.15. The van der Waals surface area contributed by atoms with Crippen LogP contribution in [0.2, 0.25) is 0 Å². The maximum Gasteiger partial charge on any atom is 0.350 e. The van der Waals surface area contributed by atoms with E-state index in [1.807, 2.05) is 14.1 Å². The maximum absolute atomic E-state index is 10.8. The third kappa shape index (κ3) is 3.92. The first-order valence-corrected chi connectivity index (χ1v) is 8.29. The van der Waals surface area contributed by atoms with Crippen molar-refractivity contribution in [1.82, 2.24) is 19.5 Å². The minimum Gasteiger partial charge on any atom is -0.368 e. The molecule has 0 unspecified atom stereocenters. The first-order valence-electron chi connectivity index (χ1n) is 6.49. The van der Waals surface area contributed by atoms with E-state index in [9.17, 15) is 4.57 Å². The molecular formula is C11H19N6O4P. The number of aromatic nitrogens is 4. The van der Waals surface area contributed by atoms with Crippen LogP contribution in [0.4, 0.5) is 11.8 Å². The highest BCUT2D eigenvalue weighted by Crippen LogP contribution is 2.34. The second kappa shape index (κ2) is 6.17. The van der Waals surface area contributed by atoms with Crippen LogP contribution >= 0.6 is 7.60 Å². The summed E-state index contributed by atoms with van der Waals surface area (Å²) in [5, 5.41) is 0. The van der Waals surface area contributed by atoms with E-state index < -0.39 is 20.0 Å². The summed E-state index contributed by atoms with van der Waals surface area (Å²) in [6.45, 7) is 2.04. The third-order valence-corrected chi connectivity index (χ3v) is 3.35. The van der Waals surface area contributed by atoms with Gasteiger partial charge < -0.3 is 29.7 Å². The topological polar surface area (TPSA) is 140 Å². The van der Waals surface area contributed by atoms with E-state index in [1.54, 1.807) is 22.7 Å². The largest absolute Gasteiger partial charge is 0.368 e. The summed E-state index contributed by atoms with van der Waals surface area (Å²) in [6.07, 6.45) is 0.522. The monoisotopic (exact) mass is 330 g/mol. The Morgan fingerprint density at radius 1 is 1.45 bits per heavy atom. The molecule has 22 heavy (non-hydrogen) atoms. The van der Waals surface area contributed by atoms with Gasteiger partial charge in [-0.25, -0.2) is 4.98 Å². The molecule has 0 aromatic carbocycles. The molecule has 11 heteroatoms. The molecule has 0 bridgehead atoms. The number of hydrogen-bond donors (Lipinski definition) is 3. The van der Waals surface area contributed by atoms with Crippen molar-refractivity contribution in [2.45, 2.75) is 19.6 Å². The van der Waals surface area contributed by atoms with Crippen molar-refractivity contribution in [2.24, 2.45) is 0 Å². The smallest absolute Gasteiger partial charge is 0.350 e. The molecule has 0 spiro atoms. The number of nitrogens with zero attached hydrogens (tertiary/aromatic N) is 5. The summed E-state index contributed by atoms with van der Waals surface area (Å²) in [4.78, 5) is 32.0. The molecule has 2 heterocycles. The quantitative estimate of drug-likeness (QED) is 0.625. The van der Waals surface area contributed by atoms with Gasteiger partial charge in [0.1, 0.15) is 6.35 Å². The van der Waals surface area contributed by atoms with E-state index in [4.69, 9.17) is 20.3 Å². The number of anilines is 2. The number of nitrogens with two attached hydrogens (primary N) is 1. The highest BCUT2D eigenvalue weighted by atomic mass is 31.2. The van der Waals surface area contributed by atoms with Gasteiger partial charge in [-0.1, -0.05) is 0 Å². The van der Waals surface area contributed by atoms with Gasteiger partial charge in [-0.3, -0.25) is 4.57 Å². The van der Waals surface area contributed by atoms with E-state index in [1.165, 1.54) is 0 Å². The van der Waals surface area contributed by atoms with Crippen molar-refractivity contribution in [1.29, 1.82) is 0 Å². The van der Waals surface area contributed by atoms with Gasteiger partial charge in [-0.05, 0) is 6.92 Å². The van der Waals surface area contributed by atoms with Crippen LogP contribution in [0.3, 0.4) is 0 Å². The Morgan fingerprint density at radius 2 is 2.14 bits per heavy atom. The second-order valence-electron chi connectivity index (χ2n) is 5.14. The SMILES string of the molecule is C[C@@H](Cn1cnc2c(N(C)C)nc(N)nc21)OCP(=O)(O)O. The molecule has 0 aliphatic rings. The number of fused-ring (bicyclic) bond motifs is 1. The van der Waals surface area contributed by atoms with Gasteiger partial charge >= 0.3 is 7.60 Å². The van der Waals surface area contributed by atoms with Crippen LogP contribution in [-0.4, -0.2) is 55.9 Å². The minimum absolute atomic E-state index is 0.127. The molecule has 0 saturated heterocycles. The fourth-order valence-electron chi connectivity index (χ4n) is 1.95. The molecule has 0 radical (unpaired) electrons. The summed E-state index contributed by atoms with van der Waals surface area (Å²) in [5.74, 6) is 0.728. The van der Waals surface area contributed by atoms with Crippen LogP contribution in [-0.2, 0) is 15.8 Å². The first-order chi connectivity index (χ1) is 10.2. The number of rotatable bonds is 6. The van der Waals surface area contributed by atoms with E-state index in [0.29, 0.717) is 23.5 Å². The maximum atomic E-state index is 10.8. The Balaban J connectivity index is 2.24. The Kier molecular flexibility index (Phi) is 4.66. The van der Waals surface area contributed by atoms with Crippen LogP contribution in [0.5, 0.6) is 0 Å². The van der Waals surface area contributed by atoms with Gasteiger partial charge in [0, 0.05) is 14.1 Å². The van der Waals surface area contributed by atoms with Crippen LogP contribution < -0.4 is 10.6 Å². The predicted octanol–water partition coefficient (Wildman–Crippen LogP) is 0.0148. The summed E-state index contributed by atoms with van der Waals surface area (Å²) in [6, 6.07) is 0. The van der Waals surface area contributed by atoms with Gasteiger partial charge in [-0.15, -0.1) is 0 Å². The average molecular weight is 330 g/mol. The lowest BCUT2D eigenvalue weighted by Crippen LogP contribution is -2.18. The van der Waals surface area contributed by atoms with Crippen LogP contribution in [0, 0.1) is 0 Å². The van der Waals surface area contributed by atoms with Crippen molar-refractivity contribution in [3.8, 4) is 0 Å². The third-order valence-electron chi connectivity index (χ3n) is 2.87. The van der Waals surface area contributed by atoms with Crippen molar-refractivity contribution in [2.75, 3.05) is 31.1 Å². The fourth-order valence-corrected chi connectivity index (χ4v) is 2.39. The summed E-state index contributed by atoms with van der Waals surface area (Å²) < 4.78 is 17.7. The zero-order valence-electron chi connectivity index (χ0n) is 12.5. The highest BCUT2D eigenvalue weighted by molar-refractivity contribution is 7.51. The average Bonchev–Trinajstić information content (AvgIpc) is 2.77. The van der Waals surface area contributed by atoms with E-state index in [-0.39, 0.29) is 5.95 Å². The summed E-state index contributed by atoms with van der Waals surface area (Å²) in [5.41, 5.74) is 6.86. The number of nitrogen functional groups attached to an aromatic ring is 1. The molecule has 10 nitrogen and oxygen atoms in total. The number of ether oxygens (including phenoxy) is 1. The molecule has 0 amide bonds. The zero-order chi connectivity index (χ0) is 16.5. The van der Waals surface area contributed by atoms with E-state index in [0.717, 1.165) is 0 Å². The first kappa shape index (κ1) is 16.6. The van der Waals surface area contributed by atoms with Crippen LogP contribution in [0.15, 0.2) is 6.33 Å². The molecule has 0 aliphatic heterocycles. The van der Waals surface area contributed by atoms with Gasteiger partial charge in [0.2, 0.25) is 5.95 Å². The Morgan fingerprint density at radius 3 is 2.73 bits per heavy atom. The highest BCUT2D eigenvalue weighted by Gasteiger charge is 2.18. The van der Waals surface area contributed by atoms with Crippen molar-refractivity contribution < 1.29 is 19.1 Å². The summed E-state index contributed by atoms with van der Waals surface area (Å²) >= 11 is 0. The zero-order valence-corrected chi connectivity index (χ0v) is 13.4. The molecule has 122 valence electrons. The van der Waals surface area contributed by atoms with E-state index in [2.05, 4.69) is 15.0 Å². The lowest BCUT2D eigenvalue weighted by atomic mass is 10.4. The Bertz CT molecular complexity index is 712. The molecule has 0 saturated carbocycles. The van der Waals surface area contributed by atoms with Gasteiger partial charge in [0.25, 0.3) is 0 Å². The lowest BCUT2D eigenvalue weighted by molar-refractivity contribution is 0.0764. The molecule has 4 N–H and O–H groups in total. The summed E-state index contributed by atoms with van der Waals surface area (Å²) in [7, 11) is -0.535. The normalized spacial score (nSPS) is 13.5. The van der Waals surface area contributed by atoms with Crippen molar-refractivity contribution in [3.63, 3.8) is 0 Å². The molecular weight excluding hydrogens is 311 g/mol. The molecule has 2 rings (SSSR count). The Labute approximate surface area is 127 Å². The minimum atomic E-state index is -4.19. The second-order valence-corrected chi connectivity index (χ2v) is 6.73. The van der Waals surface area contributed by atoms with Crippen LogP contribution in [0.25, 0.3) is 11.2 Å². The number of hydrogen-bond acceptors (Lipinski definition) is 7. The van der Waals surface area contributed by atoms with Crippen molar-refractivity contribution in [3.05, 3.63) is 6.33 Å². The predicted molar refractivity (Wildman–Crippen MR) is 81.5 cm³/mol. The van der Waals surface area contributed by atoms with Gasteiger partial charge in [0.15, 0.2) is 17.0 Å². The van der Waals surface area contributed by atoms with Gasteiger partial charge in [-0.2, -0.15) is 9.97 Å². The molecule has 2 aromatic heterocycles. The fraction of sp³-hybridized carbons (Fsp3) is 0.545. The number of imidazole rings is 1.